The van der Waals surface area contributed by atoms with Crippen LogP contribution in [0.15, 0.2) is 48.7 Å². The first-order valence-electron chi connectivity index (χ1n) is 8.35. The fourth-order valence-corrected chi connectivity index (χ4v) is 3.10. The van der Waals surface area contributed by atoms with E-state index in [4.69, 9.17) is 9.94 Å². The Hall–Kier alpha value is -2.83. The summed E-state index contributed by atoms with van der Waals surface area (Å²) in [5.41, 5.74) is 5.40. The van der Waals surface area contributed by atoms with Gasteiger partial charge in [0.15, 0.2) is 0 Å². The molecular formula is C20H23N3O3. The number of fused-ring (bicyclic) bond motifs is 1. The lowest BCUT2D eigenvalue weighted by molar-refractivity contribution is 0.0706. The number of hydrogen-bond donors (Lipinski definition) is 2. The largest absolute Gasteiger partial charge is 0.497 e. The Morgan fingerprint density at radius 2 is 1.92 bits per heavy atom. The summed E-state index contributed by atoms with van der Waals surface area (Å²) in [6.07, 6.45) is 2.12. The normalized spacial score (nSPS) is 11.1. The fraction of sp³-hybridized carbons (Fsp3) is 0.250. The van der Waals surface area contributed by atoms with Crippen LogP contribution in [0.5, 0.6) is 5.75 Å². The zero-order chi connectivity index (χ0) is 18.7. The maximum Gasteiger partial charge on any atom is 0.274 e. The van der Waals surface area contributed by atoms with Gasteiger partial charge in [0.1, 0.15) is 5.75 Å². The van der Waals surface area contributed by atoms with Gasteiger partial charge in [-0.1, -0.05) is 18.2 Å². The highest BCUT2D eigenvalue weighted by molar-refractivity contribution is 5.98. The maximum atomic E-state index is 11.8. The first kappa shape index (κ1) is 18.0. The number of benzene rings is 2. The summed E-state index contributed by atoms with van der Waals surface area (Å²) in [5.74, 6) is 0.305. The van der Waals surface area contributed by atoms with Crippen molar-refractivity contribution in [3.63, 3.8) is 0 Å². The molecule has 0 atom stereocenters. The number of aromatic nitrogens is 1. The molecule has 0 aliphatic rings. The Morgan fingerprint density at radius 3 is 2.54 bits per heavy atom. The molecule has 0 unspecified atom stereocenters. The molecular weight excluding hydrogens is 330 g/mol. The van der Waals surface area contributed by atoms with Gasteiger partial charge in [-0.25, -0.2) is 5.48 Å². The van der Waals surface area contributed by atoms with Crippen molar-refractivity contribution in [3.05, 3.63) is 65.4 Å². The van der Waals surface area contributed by atoms with Crippen LogP contribution in [0.25, 0.3) is 10.9 Å². The highest BCUT2D eigenvalue weighted by Crippen LogP contribution is 2.25. The van der Waals surface area contributed by atoms with Gasteiger partial charge in [-0.3, -0.25) is 10.0 Å². The average Bonchev–Trinajstić information content (AvgIpc) is 2.97. The lowest BCUT2D eigenvalue weighted by Gasteiger charge is -2.08. The number of carbonyl (C=O) groups excluding carboxylic acids is 1. The molecule has 136 valence electrons. The van der Waals surface area contributed by atoms with Gasteiger partial charge in [-0.2, -0.15) is 0 Å². The van der Waals surface area contributed by atoms with Crippen LogP contribution in [0.1, 0.15) is 21.5 Å². The molecule has 0 radical (unpaired) electrons. The lowest BCUT2D eigenvalue weighted by Crippen LogP contribution is -2.18. The Balaban J connectivity index is 2.04. The van der Waals surface area contributed by atoms with Crippen molar-refractivity contribution in [2.45, 2.75) is 13.1 Å². The minimum Gasteiger partial charge on any atom is -0.497 e. The number of methoxy groups -OCH3 is 1. The summed E-state index contributed by atoms with van der Waals surface area (Å²) < 4.78 is 7.34. The van der Waals surface area contributed by atoms with Crippen LogP contribution in [-0.4, -0.2) is 41.8 Å². The number of carbonyl (C=O) groups is 1. The predicted molar refractivity (Wildman–Crippen MR) is 101 cm³/mol. The molecule has 3 rings (SSSR count). The van der Waals surface area contributed by atoms with E-state index in [0.717, 1.165) is 28.8 Å². The van der Waals surface area contributed by atoms with Gasteiger partial charge >= 0.3 is 0 Å². The van der Waals surface area contributed by atoms with E-state index in [9.17, 15) is 4.79 Å². The molecule has 0 saturated heterocycles. The summed E-state index contributed by atoms with van der Waals surface area (Å²) >= 11 is 0. The third kappa shape index (κ3) is 3.71. The molecule has 3 aromatic rings. The molecule has 1 heterocycles. The van der Waals surface area contributed by atoms with E-state index in [-0.39, 0.29) is 0 Å². The monoisotopic (exact) mass is 353 g/mol. The molecule has 2 N–H and O–H groups in total. The Bertz CT molecular complexity index is 914. The van der Waals surface area contributed by atoms with E-state index >= 15 is 0 Å². The van der Waals surface area contributed by atoms with E-state index in [1.165, 1.54) is 5.56 Å². The molecule has 1 amide bonds. The van der Waals surface area contributed by atoms with E-state index < -0.39 is 5.91 Å². The van der Waals surface area contributed by atoms with E-state index in [1.807, 2.05) is 50.5 Å². The Morgan fingerprint density at radius 1 is 1.19 bits per heavy atom. The summed E-state index contributed by atoms with van der Waals surface area (Å²) in [6, 6.07) is 13.4. The third-order valence-corrected chi connectivity index (χ3v) is 4.33. The van der Waals surface area contributed by atoms with Crippen LogP contribution in [-0.2, 0) is 13.1 Å². The van der Waals surface area contributed by atoms with Crippen LogP contribution in [0.3, 0.4) is 0 Å². The standard InChI is InChI=1S/C20H23N3O3/c1-22(2)12-16-13-23(11-14-4-7-17(26-3)8-5-14)19-10-15(20(24)21-25)6-9-18(16)19/h4-10,13,25H,11-12H2,1-3H3,(H,21,24). The maximum absolute atomic E-state index is 11.8. The van der Waals surface area contributed by atoms with Crippen LogP contribution < -0.4 is 10.2 Å². The second kappa shape index (κ2) is 7.59. The summed E-state index contributed by atoms with van der Waals surface area (Å²) in [6.45, 7) is 1.48. The molecule has 6 nitrogen and oxygen atoms in total. The number of ether oxygens (including phenoxy) is 1. The van der Waals surface area contributed by atoms with Gasteiger partial charge in [-0.05, 0) is 49.5 Å². The second-order valence-corrected chi connectivity index (χ2v) is 6.54. The third-order valence-electron chi connectivity index (χ3n) is 4.33. The van der Waals surface area contributed by atoms with Crippen LogP contribution in [0.4, 0.5) is 0 Å². The lowest BCUT2D eigenvalue weighted by atomic mass is 10.1. The minimum atomic E-state index is -0.516. The van der Waals surface area contributed by atoms with E-state index in [1.54, 1.807) is 18.7 Å². The van der Waals surface area contributed by atoms with Crippen molar-refractivity contribution in [1.82, 2.24) is 14.9 Å². The highest BCUT2D eigenvalue weighted by atomic mass is 16.5. The smallest absolute Gasteiger partial charge is 0.274 e. The number of amides is 1. The van der Waals surface area contributed by atoms with Gasteiger partial charge in [0.25, 0.3) is 5.91 Å². The molecule has 0 saturated carbocycles. The van der Waals surface area contributed by atoms with E-state index in [2.05, 4.69) is 15.7 Å². The van der Waals surface area contributed by atoms with Crippen molar-refractivity contribution in [2.75, 3.05) is 21.2 Å². The topological polar surface area (TPSA) is 66.7 Å². The molecule has 0 spiro atoms. The zero-order valence-corrected chi connectivity index (χ0v) is 15.2. The Labute approximate surface area is 152 Å². The quantitative estimate of drug-likeness (QED) is 0.528. The van der Waals surface area contributed by atoms with Crippen molar-refractivity contribution < 1.29 is 14.7 Å². The molecule has 0 fully saturated rings. The first-order chi connectivity index (χ1) is 12.5. The average molecular weight is 353 g/mol. The van der Waals surface area contributed by atoms with Crippen molar-refractivity contribution in [2.24, 2.45) is 0 Å². The molecule has 2 aromatic carbocycles. The molecule has 0 aliphatic heterocycles. The number of hydroxylamine groups is 1. The first-order valence-corrected chi connectivity index (χ1v) is 8.35. The SMILES string of the molecule is COc1ccc(Cn2cc(CN(C)C)c3ccc(C(=O)NO)cc32)cc1. The zero-order valence-electron chi connectivity index (χ0n) is 15.2. The second-order valence-electron chi connectivity index (χ2n) is 6.54. The van der Waals surface area contributed by atoms with Gasteiger partial charge < -0.3 is 14.2 Å². The molecule has 0 aliphatic carbocycles. The summed E-state index contributed by atoms with van der Waals surface area (Å²) in [5, 5.41) is 10.0. The van der Waals surface area contributed by atoms with Crippen LogP contribution in [0, 0.1) is 0 Å². The molecule has 26 heavy (non-hydrogen) atoms. The fourth-order valence-electron chi connectivity index (χ4n) is 3.10. The highest BCUT2D eigenvalue weighted by Gasteiger charge is 2.13. The number of rotatable bonds is 6. The van der Waals surface area contributed by atoms with Crippen LogP contribution >= 0.6 is 0 Å². The van der Waals surface area contributed by atoms with Crippen molar-refractivity contribution in [3.8, 4) is 5.75 Å². The van der Waals surface area contributed by atoms with Gasteiger partial charge in [-0.15, -0.1) is 0 Å². The molecule has 1 aromatic heterocycles. The molecule has 0 bridgehead atoms. The van der Waals surface area contributed by atoms with Gasteiger partial charge in [0.2, 0.25) is 0 Å². The van der Waals surface area contributed by atoms with Gasteiger partial charge in [0.05, 0.1) is 7.11 Å². The Kier molecular flexibility index (Phi) is 5.25. The van der Waals surface area contributed by atoms with Crippen LogP contribution in [0.2, 0.25) is 0 Å². The molecule has 6 heteroatoms. The summed E-state index contributed by atoms with van der Waals surface area (Å²) in [4.78, 5) is 13.9. The van der Waals surface area contributed by atoms with Crippen molar-refractivity contribution in [1.29, 1.82) is 0 Å². The number of nitrogens with one attached hydrogen (secondary N) is 1. The number of hydrogen-bond acceptors (Lipinski definition) is 4. The minimum absolute atomic E-state index is 0.422. The van der Waals surface area contributed by atoms with E-state index in [0.29, 0.717) is 12.1 Å². The number of nitrogens with zero attached hydrogens (tertiary/aromatic N) is 2. The predicted octanol–water partition coefficient (Wildman–Crippen LogP) is 2.88. The van der Waals surface area contributed by atoms with Crippen molar-refractivity contribution >= 4 is 16.8 Å². The summed E-state index contributed by atoms with van der Waals surface area (Å²) in [7, 11) is 5.70. The van der Waals surface area contributed by atoms with Gasteiger partial charge in [0, 0.05) is 35.8 Å².